The third-order valence-corrected chi connectivity index (χ3v) is 2.89. The molecule has 1 N–H and O–H groups in total. The van der Waals surface area contributed by atoms with Crippen molar-refractivity contribution in [3.05, 3.63) is 29.6 Å². The number of nitrogens with one attached hydrogen (secondary N) is 1. The van der Waals surface area contributed by atoms with Crippen molar-refractivity contribution in [1.82, 2.24) is 0 Å². The van der Waals surface area contributed by atoms with Crippen molar-refractivity contribution in [2.75, 3.05) is 5.32 Å². The van der Waals surface area contributed by atoms with Gasteiger partial charge in [-0.2, -0.15) is 13.2 Å². The number of unbranched alkanes of at least 4 members (excludes halogenated alkanes) is 1. The quantitative estimate of drug-likeness (QED) is 0.630. The number of cyclic esters (lactones) is 1. The number of ether oxygens (including phenoxy) is 1. The van der Waals surface area contributed by atoms with Crippen LogP contribution in [0, 0.1) is 17.7 Å². The molecule has 0 aliphatic carbocycles. The smallest absolute Gasteiger partial charge is 0.415 e. The van der Waals surface area contributed by atoms with Crippen LogP contribution in [0.4, 0.5) is 28.0 Å². The van der Waals surface area contributed by atoms with Crippen LogP contribution >= 0.6 is 0 Å². The second-order valence-corrected chi connectivity index (χ2v) is 4.41. The van der Waals surface area contributed by atoms with Crippen LogP contribution in [0.2, 0.25) is 0 Å². The van der Waals surface area contributed by atoms with Crippen molar-refractivity contribution >= 4 is 11.8 Å². The highest BCUT2D eigenvalue weighted by Gasteiger charge is 2.63. The van der Waals surface area contributed by atoms with E-state index in [0.29, 0.717) is 6.42 Å². The summed E-state index contributed by atoms with van der Waals surface area (Å²) in [6.07, 6.45) is -5.69. The zero-order valence-corrected chi connectivity index (χ0v) is 11.0. The summed E-state index contributed by atoms with van der Waals surface area (Å²) in [5.74, 6) is 3.06. The molecule has 2 rings (SSSR count). The van der Waals surface area contributed by atoms with Gasteiger partial charge in [0, 0.05) is 6.42 Å². The Labute approximate surface area is 118 Å². The number of alkyl halides is 3. The van der Waals surface area contributed by atoms with Crippen LogP contribution in [0.3, 0.4) is 0 Å². The summed E-state index contributed by atoms with van der Waals surface area (Å²) in [6.45, 7) is 1.73. The average Bonchev–Trinajstić information content (AvgIpc) is 2.37. The molecule has 3 nitrogen and oxygen atoms in total. The molecule has 0 radical (unpaired) electrons. The van der Waals surface area contributed by atoms with E-state index in [0.717, 1.165) is 6.07 Å². The van der Waals surface area contributed by atoms with Crippen LogP contribution in [0.15, 0.2) is 18.2 Å². The molecule has 0 aromatic heterocycles. The number of fused-ring (bicyclic) bond motifs is 1. The van der Waals surface area contributed by atoms with Crippen molar-refractivity contribution in [2.45, 2.75) is 31.5 Å². The van der Waals surface area contributed by atoms with Crippen molar-refractivity contribution in [1.29, 1.82) is 0 Å². The van der Waals surface area contributed by atoms with Crippen molar-refractivity contribution in [3.63, 3.8) is 0 Å². The highest BCUT2D eigenvalue weighted by molar-refractivity contribution is 5.89. The number of rotatable bonds is 1. The van der Waals surface area contributed by atoms with Gasteiger partial charge >= 0.3 is 12.3 Å². The van der Waals surface area contributed by atoms with E-state index in [1.807, 2.05) is 11.2 Å². The maximum absolute atomic E-state index is 13.9. The lowest BCUT2D eigenvalue weighted by Crippen LogP contribution is -2.50. The predicted octanol–water partition coefficient (Wildman–Crippen LogP) is 3.95. The number of anilines is 1. The summed E-state index contributed by atoms with van der Waals surface area (Å²) in [5.41, 5.74) is -4.40. The van der Waals surface area contributed by atoms with Gasteiger partial charge in [-0.15, -0.1) is 0 Å². The summed E-state index contributed by atoms with van der Waals surface area (Å²) in [4.78, 5) is 11.4. The van der Waals surface area contributed by atoms with Crippen molar-refractivity contribution in [3.8, 4) is 11.8 Å². The Balaban J connectivity index is 2.72. The van der Waals surface area contributed by atoms with E-state index < -0.39 is 29.3 Å². The van der Waals surface area contributed by atoms with E-state index in [2.05, 4.69) is 10.7 Å². The van der Waals surface area contributed by atoms with E-state index in [-0.39, 0.29) is 12.1 Å². The van der Waals surface area contributed by atoms with Crippen LogP contribution in [-0.4, -0.2) is 12.3 Å². The second-order valence-electron chi connectivity index (χ2n) is 4.41. The van der Waals surface area contributed by atoms with Gasteiger partial charge < -0.3 is 4.74 Å². The Morgan fingerprint density at radius 1 is 1.38 bits per heavy atom. The first kappa shape index (κ1) is 15.2. The Bertz CT molecular complexity index is 630. The molecule has 1 aromatic rings. The Morgan fingerprint density at radius 3 is 2.71 bits per heavy atom. The monoisotopic (exact) mass is 301 g/mol. The maximum atomic E-state index is 13.9. The fourth-order valence-corrected chi connectivity index (χ4v) is 1.98. The first-order valence-corrected chi connectivity index (χ1v) is 6.17. The Hall–Kier alpha value is -2.23. The molecule has 1 amide bonds. The van der Waals surface area contributed by atoms with Gasteiger partial charge in [-0.1, -0.05) is 18.9 Å². The summed E-state index contributed by atoms with van der Waals surface area (Å²) >= 11 is 0. The predicted molar refractivity (Wildman–Crippen MR) is 66.9 cm³/mol. The first-order chi connectivity index (χ1) is 9.82. The van der Waals surface area contributed by atoms with E-state index in [9.17, 15) is 22.4 Å². The highest BCUT2D eigenvalue weighted by atomic mass is 19.4. The zero-order valence-electron chi connectivity index (χ0n) is 11.0. The van der Waals surface area contributed by atoms with Crippen LogP contribution in [0.1, 0.15) is 25.3 Å². The molecular weight excluding hydrogens is 290 g/mol. The molecular formula is C14H11F4NO2. The number of hydrogen-bond acceptors (Lipinski definition) is 2. The van der Waals surface area contributed by atoms with Gasteiger partial charge in [-0.25, -0.2) is 9.18 Å². The standard InChI is InChI=1S/C14H11F4NO2/c1-2-3-4-8-13(14(16,17)18)11-9(15)6-5-7-10(11)19-12(20)21-13/h5-7H,2-3H2,1H3,(H,19,20)/t13-/m0/s1. The SMILES string of the molecule is CCCC#C[C@]1(C(F)(F)F)OC(=O)Nc2cccc(F)c21. The third-order valence-electron chi connectivity index (χ3n) is 2.89. The molecule has 1 aliphatic heterocycles. The van der Waals surface area contributed by atoms with Gasteiger partial charge in [0.25, 0.3) is 5.60 Å². The Morgan fingerprint density at radius 2 is 2.10 bits per heavy atom. The van der Waals surface area contributed by atoms with E-state index in [1.54, 1.807) is 6.92 Å². The molecule has 0 saturated carbocycles. The van der Waals surface area contributed by atoms with Crippen LogP contribution < -0.4 is 5.32 Å². The number of carbonyl (C=O) groups excluding carboxylic acids is 1. The molecule has 0 saturated heterocycles. The molecule has 0 unspecified atom stereocenters. The molecule has 1 atom stereocenters. The van der Waals surface area contributed by atoms with Crippen molar-refractivity contribution in [2.24, 2.45) is 0 Å². The molecule has 0 fully saturated rings. The molecule has 1 aromatic carbocycles. The molecule has 1 aliphatic rings. The Kier molecular flexibility index (Phi) is 3.81. The fraction of sp³-hybridized carbons (Fsp3) is 0.357. The van der Waals surface area contributed by atoms with Gasteiger partial charge in [0.2, 0.25) is 0 Å². The normalized spacial score (nSPS) is 20.7. The first-order valence-electron chi connectivity index (χ1n) is 6.17. The maximum Gasteiger partial charge on any atom is 0.445 e. The number of halogens is 4. The lowest BCUT2D eigenvalue weighted by atomic mass is 9.89. The van der Waals surface area contributed by atoms with Gasteiger partial charge in [0.15, 0.2) is 0 Å². The van der Waals surface area contributed by atoms with Gasteiger partial charge in [-0.3, -0.25) is 5.32 Å². The molecule has 1 heterocycles. The third kappa shape index (κ3) is 2.53. The minimum absolute atomic E-state index is 0.173. The van der Waals surface area contributed by atoms with E-state index >= 15 is 0 Å². The number of benzene rings is 1. The largest absolute Gasteiger partial charge is 0.445 e. The van der Waals surface area contributed by atoms with Crippen LogP contribution in [-0.2, 0) is 10.3 Å². The summed E-state index contributed by atoms with van der Waals surface area (Å²) in [5, 5.41) is 2.05. The highest BCUT2D eigenvalue weighted by Crippen LogP contribution is 2.48. The molecule has 7 heteroatoms. The summed E-state index contributed by atoms with van der Waals surface area (Å²) in [6, 6.07) is 3.23. The zero-order chi connectivity index (χ0) is 15.7. The van der Waals surface area contributed by atoms with Crippen molar-refractivity contribution < 1.29 is 27.1 Å². The van der Waals surface area contributed by atoms with Gasteiger partial charge in [0.05, 0.1) is 11.3 Å². The minimum Gasteiger partial charge on any atom is -0.415 e. The minimum atomic E-state index is -5.07. The van der Waals surface area contributed by atoms with Crippen LogP contribution in [0.25, 0.3) is 0 Å². The number of hydrogen-bond donors (Lipinski definition) is 1. The lowest BCUT2D eigenvalue weighted by molar-refractivity contribution is -0.240. The second kappa shape index (κ2) is 5.28. The molecule has 0 bridgehead atoms. The molecule has 0 spiro atoms. The number of carbonyl (C=O) groups is 1. The summed E-state index contributed by atoms with van der Waals surface area (Å²) in [7, 11) is 0. The lowest BCUT2D eigenvalue weighted by Gasteiger charge is -2.35. The molecule has 112 valence electrons. The van der Waals surface area contributed by atoms with Gasteiger partial charge in [-0.05, 0) is 24.5 Å². The summed E-state index contributed by atoms with van der Waals surface area (Å²) < 4.78 is 58.8. The molecule has 21 heavy (non-hydrogen) atoms. The van der Waals surface area contributed by atoms with Gasteiger partial charge in [0.1, 0.15) is 5.82 Å². The number of amides is 1. The van der Waals surface area contributed by atoms with E-state index in [4.69, 9.17) is 0 Å². The fourth-order valence-electron chi connectivity index (χ4n) is 1.98. The topological polar surface area (TPSA) is 38.3 Å². The van der Waals surface area contributed by atoms with E-state index in [1.165, 1.54) is 12.1 Å². The average molecular weight is 301 g/mol. The van der Waals surface area contributed by atoms with Crippen LogP contribution in [0.5, 0.6) is 0 Å².